The number of aromatic carboxylic acids is 1. The highest BCUT2D eigenvalue weighted by molar-refractivity contribution is 6.05. The molecule has 2 N–H and O–H groups in total. The standard InChI is InChI=1S/C18H13FN2O3/c1-10(22)20-11-6-7-16-13(8-11)14(18(23)24)9-17(21-16)12-4-2-3-5-15(12)19/h2-9H,1H3,(H,20,22)(H,23,24). The number of benzene rings is 2. The van der Waals surface area contributed by atoms with Gasteiger partial charge in [0.2, 0.25) is 5.91 Å². The summed E-state index contributed by atoms with van der Waals surface area (Å²) in [7, 11) is 0. The smallest absolute Gasteiger partial charge is 0.336 e. The zero-order valence-corrected chi connectivity index (χ0v) is 12.7. The molecule has 1 aromatic heterocycles. The van der Waals surface area contributed by atoms with Gasteiger partial charge in [0.1, 0.15) is 5.82 Å². The van der Waals surface area contributed by atoms with Crippen LogP contribution >= 0.6 is 0 Å². The molecule has 6 heteroatoms. The summed E-state index contributed by atoms with van der Waals surface area (Å²) in [6.07, 6.45) is 0. The largest absolute Gasteiger partial charge is 0.478 e. The number of amides is 1. The second-order valence-corrected chi connectivity index (χ2v) is 5.25. The minimum Gasteiger partial charge on any atom is -0.478 e. The van der Waals surface area contributed by atoms with E-state index >= 15 is 0 Å². The number of halogens is 1. The third-order valence-corrected chi connectivity index (χ3v) is 3.51. The molecule has 120 valence electrons. The first-order chi connectivity index (χ1) is 11.5. The van der Waals surface area contributed by atoms with Crippen molar-refractivity contribution >= 4 is 28.5 Å². The molecule has 2 aromatic carbocycles. The summed E-state index contributed by atoms with van der Waals surface area (Å²) >= 11 is 0. The molecule has 0 aliphatic heterocycles. The van der Waals surface area contributed by atoms with E-state index in [1.165, 1.54) is 25.1 Å². The lowest BCUT2D eigenvalue weighted by Gasteiger charge is -2.10. The molecule has 3 aromatic rings. The molecule has 3 rings (SSSR count). The van der Waals surface area contributed by atoms with Gasteiger partial charge >= 0.3 is 5.97 Å². The lowest BCUT2D eigenvalue weighted by atomic mass is 10.0. The van der Waals surface area contributed by atoms with Crippen molar-refractivity contribution in [3.05, 3.63) is 59.9 Å². The molecule has 24 heavy (non-hydrogen) atoms. The van der Waals surface area contributed by atoms with Crippen molar-refractivity contribution in [2.45, 2.75) is 6.92 Å². The van der Waals surface area contributed by atoms with Crippen LogP contribution in [0.2, 0.25) is 0 Å². The Labute approximate surface area is 136 Å². The highest BCUT2D eigenvalue weighted by Gasteiger charge is 2.15. The van der Waals surface area contributed by atoms with Gasteiger partial charge in [-0.1, -0.05) is 12.1 Å². The summed E-state index contributed by atoms with van der Waals surface area (Å²) in [6.45, 7) is 1.36. The van der Waals surface area contributed by atoms with Gasteiger partial charge in [0.15, 0.2) is 0 Å². The Morgan fingerprint density at radius 2 is 1.88 bits per heavy atom. The number of fused-ring (bicyclic) bond motifs is 1. The average Bonchev–Trinajstić information content (AvgIpc) is 2.53. The molecule has 5 nitrogen and oxygen atoms in total. The van der Waals surface area contributed by atoms with Crippen LogP contribution in [-0.4, -0.2) is 22.0 Å². The molecule has 0 saturated carbocycles. The number of carbonyl (C=O) groups is 2. The molecule has 1 heterocycles. The van der Waals surface area contributed by atoms with Crippen LogP contribution in [0.3, 0.4) is 0 Å². The van der Waals surface area contributed by atoms with E-state index in [-0.39, 0.29) is 22.7 Å². The van der Waals surface area contributed by atoms with Crippen molar-refractivity contribution in [1.82, 2.24) is 4.98 Å². The second kappa shape index (κ2) is 6.08. The fraction of sp³-hybridized carbons (Fsp3) is 0.0556. The zero-order chi connectivity index (χ0) is 17.3. The number of nitrogens with one attached hydrogen (secondary N) is 1. The Kier molecular flexibility index (Phi) is 3.95. The summed E-state index contributed by atoms with van der Waals surface area (Å²) in [5.41, 5.74) is 1.34. The van der Waals surface area contributed by atoms with Crippen LogP contribution in [0.25, 0.3) is 22.2 Å². The monoisotopic (exact) mass is 324 g/mol. The Morgan fingerprint density at radius 3 is 2.54 bits per heavy atom. The molecule has 0 fully saturated rings. The lowest BCUT2D eigenvalue weighted by Crippen LogP contribution is -2.06. The van der Waals surface area contributed by atoms with Gasteiger partial charge in [0.05, 0.1) is 16.8 Å². The second-order valence-electron chi connectivity index (χ2n) is 5.25. The van der Waals surface area contributed by atoms with Gasteiger partial charge in [-0.3, -0.25) is 4.79 Å². The summed E-state index contributed by atoms with van der Waals surface area (Å²) in [4.78, 5) is 27.1. The van der Waals surface area contributed by atoms with Crippen LogP contribution in [0.4, 0.5) is 10.1 Å². The summed E-state index contributed by atoms with van der Waals surface area (Å²) < 4.78 is 14.0. The van der Waals surface area contributed by atoms with E-state index < -0.39 is 11.8 Å². The number of hydrogen-bond acceptors (Lipinski definition) is 3. The number of anilines is 1. The first-order valence-corrected chi connectivity index (χ1v) is 7.16. The van der Waals surface area contributed by atoms with Gasteiger partial charge in [-0.2, -0.15) is 0 Å². The van der Waals surface area contributed by atoms with Gasteiger partial charge in [-0.05, 0) is 36.4 Å². The number of carboxylic acid groups (broad SMARTS) is 1. The molecule has 0 spiro atoms. The quantitative estimate of drug-likeness (QED) is 0.770. The van der Waals surface area contributed by atoms with Crippen LogP contribution in [0.5, 0.6) is 0 Å². The molecule has 0 atom stereocenters. The van der Waals surface area contributed by atoms with Crippen LogP contribution < -0.4 is 5.32 Å². The molecule has 1 amide bonds. The predicted octanol–water partition coefficient (Wildman–Crippen LogP) is 3.70. The molecular formula is C18H13FN2O3. The molecule has 0 aliphatic carbocycles. The van der Waals surface area contributed by atoms with Crippen molar-refractivity contribution in [1.29, 1.82) is 0 Å². The minimum absolute atomic E-state index is 0.00884. The van der Waals surface area contributed by atoms with Crippen LogP contribution in [0, 0.1) is 5.82 Å². The Hall–Kier alpha value is -3.28. The maximum Gasteiger partial charge on any atom is 0.336 e. The molecular weight excluding hydrogens is 311 g/mol. The number of nitrogens with zero attached hydrogens (tertiary/aromatic N) is 1. The van der Waals surface area contributed by atoms with Crippen molar-refractivity contribution in [2.75, 3.05) is 5.32 Å². The van der Waals surface area contributed by atoms with Crippen molar-refractivity contribution < 1.29 is 19.1 Å². The van der Waals surface area contributed by atoms with Gasteiger partial charge in [0, 0.05) is 23.6 Å². The minimum atomic E-state index is -1.15. The van der Waals surface area contributed by atoms with E-state index in [0.29, 0.717) is 16.6 Å². The number of pyridine rings is 1. The maximum atomic E-state index is 14.0. The van der Waals surface area contributed by atoms with Gasteiger partial charge in [-0.25, -0.2) is 14.2 Å². The summed E-state index contributed by atoms with van der Waals surface area (Å²) in [6, 6.07) is 12.1. The summed E-state index contributed by atoms with van der Waals surface area (Å²) in [5, 5.41) is 12.5. The van der Waals surface area contributed by atoms with Gasteiger partial charge in [0.25, 0.3) is 0 Å². The number of hydrogen-bond donors (Lipinski definition) is 2. The van der Waals surface area contributed by atoms with E-state index in [2.05, 4.69) is 10.3 Å². The Balaban J connectivity index is 2.24. The lowest BCUT2D eigenvalue weighted by molar-refractivity contribution is -0.114. The first kappa shape index (κ1) is 15.6. The van der Waals surface area contributed by atoms with Crippen LogP contribution in [-0.2, 0) is 4.79 Å². The normalized spacial score (nSPS) is 10.6. The van der Waals surface area contributed by atoms with Gasteiger partial charge < -0.3 is 10.4 Å². The highest BCUT2D eigenvalue weighted by atomic mass is 19.1. The predicted molar refractivity (Wildman–Crippen MR) is 88.4 cm³/mol. The van der Waals surface area contributed by atoms with E-state index in [4.69, 9.17) is 0 Å². The Morgan fingerprint density at radius 1 is 1.12 bits per heavy atom. The number of carboxylic acids is 1. The highest BCUT2D eigenvalue weighted by Crippen LogP contribution is 2.28. The Bertz CT molecular complexity index is 970. The van der Waals surface area contributed by atoms with Gasteiger partial charge in [-0.15, -0.1) is 0 Å². The number of carbonyl (C=O) groups excluding carboxylic acids is 1. The number of rotatable bonds is 3. The molecule has 0 aliphatic rings. The van der Waals surface area contributed by atoms with Crippen LogP contribution in [0.1, 0.15) is 17.3 Å². The van der Waals surface area contributed by atoms with Crippen molar-refractivity contribution in [2.24, 2.45) is 0 Å². The molecule has 0 radical (unpaired) electrons. The average molecular weight is 324 g/mol. The summed E-state index contributed by atoms with van der Waals surface area (Å²) in [5.74, 6) is -1.89. The number of aromatic nitrogens is 1. The van der Waals surface area contributed by atoms with E-state index in [0.717, 1.165) is 0 Å². The SMILES string of the molecule is CC(=O)Nc1ccc2nc(-c3ccccc3F)cc(C(=O)O)c2c1. The van der Waals surface area contributed by atoms with Crippen molar-refractivity contribution in [3.8, 4) is 11.3 Å². The topological polar surface area (TPSA) is 79.3 Å². The van der Waals surface area contributed by atoms with E-state index in [1.807, 2.05) is 0 Å². The first-order valence-electron chi connectivity index (χ1n) is 7.16. The molecule has 0 bridgehead atoms. The maximum absolute atomic E-state index is 14.0. The fourth-order valence-corrected chi connectivity index (χ4v) is 2.49. The zero-order valence-electron chi connectivity index (χ0n) is 12.7. The fourth-order valence-electron chi connectivity index (χ4n) is 2.49. The molecule has 0 saturated heterocycles. The van der Waals surface area contributed by atoms with E-state index in [1.54, 1.807) is 30.3 Å². The van der Waals surface area contributed by atoms with Crippen LogP contribution in [0.15, 0.2) is 48.5 Å². The molecule has 0 unspecified atom stereocenters. The van der Waals surface area contributed by atoms with Crippen molar-refractivity contribution in [3.63, 3.8) is 0 Å². The third kappa shape index (κ3) is 2.94. The van der Waals surface area contributed by atoms with E-state index in [9.17, 15) is 19.1 Å². The third-order valence-electron chi connectivity index (χ3n) is 3.51.